The average molecular weight is 189 g/mol. The van der Waals surface area contributed by atoms with E-state index in [9.17, 15) is 4.79 Å². The van der Waals surface area contributed by atoms with Gasteiger partial charge in [-0.25, -0.2) is 0 Å². The standard InChI is InChI=1S/C6H7ClN2O.C2H6/c1-3-4(7)2-5(9-3)6(8)10;1-2/h2,9H,1H3,(H2,8,10);1-2H3. The normalized spacial score (nSPS) is 8.67. The average Bonchev–Trinajstić information content (AvgIpc) is 2.36. The maximum Gasteiger partial charge on any atom is 0.265 e. The van der Waals surface area contributed by atoms with Crippen molar-refractivity contribution in [2.45, 2.75) is 20.8 Å². The number of hydrogen-bond acceptors (Lipinski definition) is 1. The molecule has 1 aromatic rings. The summed E-state index contributed by atoms with van der Waals surface area (Å²) in [5, 5.41) is 0.536. The van der Waals surface area contributed by atoms with Crippen molar-refractivity contribution >= 4 is 17.5 Å². The molecule has 1 aromatic heterocycles. The molecule has 0 aliphatic rings. The number of aryl methyl sites for hydroxylation is 1. The zero-order valence-corrected chi connectivity index (χ0v) is 8.20. The van der Waals surface area contributed by atoms with Crippen LogP contribution < -0.4 is 5.73 Å². The first kappa shape index (κ1) is 11.0. The molecule has 0 atom stereocenters. The highest BCUT2D eigenvalue weighted by Crippen LogP contribution is 2.14. The summed E-state index contributed by atoms with van der Waals surface area (Å²) >= 11 is 5.63. The predicted octanol–water partition coefficient (Wildman–Crippen LogP) is 2.10. The van der Waals surface area contributed by atoms with E-state index in [-0.39, 0.29) is 0 Å². The Labute approximate surface area is 76.9 Å². The first-order valence-electron chi connectivity index (χ1n) is 3.76. The number of aromatic amines is 1. The summed E-state index contributed by atoms with van der Waals surface area (Å²) in [5.41, 5.74) is 6.08. The summed E-state index contributed by atoms with van der Waals surface area (Å²) in [5.74, 6) is -0.491. The van der Waals surface area contributed by atoms with E-state index in [1.807, 2.05) is 13.8 Å². The highest BCUT2D eigenvalue weighted by Gasteiger charge is 2.05. The van der Waals surface area contributed by atoms with E-state index in [0.29, 0.717) is 10.7 Å². The van der Waals surface area contributed by atoms with E-state index in [2.05, 4.69) is 4.98 Å². The number of primary amides is 1. The molecule has 0 spiro atoms. The molecule has 3 N–H and O–H groups in total. The molecule has 0 saturated heterocycles. The summed E-state index contributed by atoms with van der Waals surface area (Å²) in [6, 6.07) is 1.51. The topological polar surface area (TPSA) is 58.9 Å². The molecule has 0 aliphatic carbocycles. The Morgan fingerprint density at radius 1 is 1.58 bits per heavy atom. The molecule has 1 amide bonds. The SMILES string of the molecule is CC.Cc1[nH]c(C(N)=O)cc1Cl. The number of rotatable bonds is 1. The van der Waals surface area contributed by atoms with Crippen LogP contribution in [0.1, 0.15) is 30.0 Å². The molecule has 0 bridgehead atoms. The van der Waals surface area contributed by atoms with Crippen molar-refractivity contribution in [2.75, 3.05) is 0 Å². The summed E-state index contributed by atoms with van der Waals surface area (Å²) < 4.78 is 0. The van der Waals surface area contributed by atoms with Crippen molar-refractivity contribution in [1.82, 2.24) is 4.98 Å². The first-order valence-corrected chi connectivity index (χ1v) is 4.14. The van der Waals surface area contributed by atoms with Gasteiger partial charge in [-0.1, -0.05) is 25.4 Å². The number of carbonyl (C=O) groups excluding carboxylic acids is 1. The molecule has 0 aliphatic heterocycles. The van der Waals surface area contributed by atoms with Crippen LogP contribution in [0.15, 0.2) is 6.07 Å². The zero-order valence-electron chi connectivity index (χ0n) is 7.44. The second kappa shape index (κ2) is 4.83. The van der Waals surface area contributed by atoms with Crippen LogP contribution in [0.3, 0.4) is 0 Å². The van der Waals surface area contributed by atoms with Gasteiger partial charge >= 0.3 is 0 Å². The van der Waals surface area contributed by atoms with Gasteiger partial charge in [0.15, 0.2) is 0 Å². The lowest BCUT2D eigenvalue weighted by Gasteiger charge is -1.84. The minimum Gasteiger partial charge on any atom is -0.364 e. The van der Waals surface area contributed by atoms with E-state index < -0.39 is 5.91 Å². The van der Waals surface area contributed by atoms with Gasteiger partial charge in [-0.05, 0) is 13.0 Å². The quantitative estimate of drug-likeness (QED) is 0.697. The minimum atomic E-state index is -0.491. The number of halogens is 1. The van der Waals surface area contributed by atoms with Gasteiger partial charge in [0.1, 0.15) is 5.69 Å². The van der Waals surface area contributed by atoms with Gasteiger partial charge in [-0.15, -0.1) is 0 Å². The lowest BCUT2D eigenvalue weighted by atomic mass is 10.4. The second-order valence-electron chi connectivity index (χ2n) is 2.02. The van der Waals surface area contributed by atoms with Crippen molar-refractivity contribution in [2.24, 2.45) is 5.73 Å². The molecule has 1 heterocycles. The lowest BCUT2D eigenvalue weighted by molar-refractivity contribution is 0.0996. The largest absolute Gasteiger partial charge is 0.364 e. The highest BCUT2D eigenvalue weighted by atomic mass is 35.5. The van der Waals surface area contributed by atoms with Gasteiger partial charge in [0.2, 0.25) is 0 Å². The molecular formula is C8H13ClN2O. The minimum absolute atomic E-state index is 0.350. The number of aromatic nitrogens is 1. The fraction of sp³-hybridized carbons (Fsp3) is 0.375. The van der Waals surface area contributed by atoms with Crippen molar-refractivity contribution in [3.8, 4) is 0 Å². The van der Waals surface area contributed by atoms with Crippen LogP contribution in [0.5, 0.6) is 0 Å². The number of nitrogens with one attached hydrogen (secondary N) is 1. The number of H-pyrrole nitrogens is 1. The third-order valence-corrected chi connectivity index (χ3v) is 1.61. The van der Waals surface area contributed by atoms with E-state index in [4.69, 9.17) is 17.3 Å². The van der Waals surface area contributed by atoms with E-state index in [1.54, 1.807) is 6.92 Å². The fourth-order valence-electron chi connectivity index (χ4n) is 0.666. The molecule has 0 aromatic carbocycles. The Morgan fingerprint density at radius 3 is 2.25 bits per heavy atom. The van der Waals surface area contributed by atoms with Crippen LogP contribution in [0.4, 0.5) is 0 Å². The predicted molar refractivity (Wildman–Crippen MR) is 50.4 cm³/mol. The monoisotopic (exact) mass is 188 g/mol. The third-order valence-electron chi connectivity index (χ3n) is 1.22. The van der Waals surface area contributed by atoms with Crippen LogP contribution in [-0.2, 0) is 0 Å². The Kier molecular flexibility index (Phi) is 4.44. The molecule has 12 heavy (non-hydrogen) atoms. The number of hydrogen-bond donors (Lipinski definition) is 2. The molecule has 1 rings (SSSR count). The number of nitrogens with two attached hydrogens (primary N) is 1. The summed E-state index contributed by atoms with van der Waals surface area (Å²) in [7, 11) is 0. The Morgan fingerprint density at radius 2 is 2.08 bits per heavy atom. The van der Waals surface area contributed by atoms with Crippen molar-refractivity contribution in [3.05, 3.63) is 22.5 Å². The molecule has 4 heteroatoms. The van der Waals surface area contributed by atoms with Crippen molar-refractivity contribution in [3.63, 3.8) is 0 Å². The number of carbonyl (C=O) groups is 1. The maximum absolute atomic E-state index is 10.5. The molecule has 68 valence electrons. The van der Waals surface area contributed by atoms with E-state index in [1.165, 1.54) is 6.07 Å². The lowest BCUT2D eigenvalue weighted by Crippen LogP contribution is -2.10. The second-order valence-corrected chi connectivity index (χ2v) is 2.43. The molecule has 0 fully saturated rings. The Balaban J connectivity index is 0.000000561. The van der Waals surface area contributed by atoms with Crippen molar-refractivity contribution in [1.29, 1.82) is 0 Å². The number of amides is 1. The van der Waals surface area contributed by atoms with E-state index >= 15 is 0 Å². The van der Waals surface area contributed by atoms with Gasteiger partial charge in [-0.2, -0.15) is 0 Å². The smallest absolute Gasteiger partial charge is 0.265 e. The van der Waals surface area contributed by atoms with Crippen LogP contribution in [0.25, 0.3) is 0 Å². The van der Waals surface area contributed by atoms with Crippen molar-refractivity contribution < 1.29 is 4.79 Å². The van der Waals surface area contributed by atoms with Crippen LogP contribution in [0, 0.1) is 6.92 Å². The van der Waals surface area contributed by atoms with Gasteiger partial charge < -0.3 is 10.7 Å². The molecule has 3 nitrogen and oxygen atoms in total. The first-order chi connectivity index (χ1) is 5.61. The molecule has 0 unspecified atom stereocenters. The Hall–Kier alpha value is -0.960. The maximum atomic E-state index is 10.5. The van der Waals surface area contributed by atoms with Gasteiger partial charge in [0.05, 0.1) is 5.02 Å². The highest BCUT2D eigenvalue weighted by molar-refractivity contribution is 6.31. The fourth-order valence-corrected chi connectivity index (χ4v) is 0.822. The molecular weight excluding hydrogens is 176 g/mol. The summed E-state index contributed by atoms with van der Waals surface area (Å²) in [4.78, 5) is 13.2. The van der Waals surface area contributed by atoms with Gasteiger partial charge in [-0.3, -0.25) is 4.79 Å². The van der Waals surface area contributed by atoms with E-state index in [0.717, 1.165) is 5.69 Å². The summed E-state index contributed by atoms with van der Waals surface area (Å²) in [6.45, 7) is 5.77. The van der Waals surface area contributed by atoms with Gasteiger partial charge in [0, 0.05) is 5.69 Å². The van der Waals surface area contributed by atoms with Gasteiger partial charge in [0.25, 0.3) is 5.91 Å². The third kappa shape index (κ3) is 2.58. The molecule has 0 radical (unpaired) electrons. The van der Waals surface area contributed by atoms with Crippen LogP contribution in [0.2, 0.25) is 5.02 Å². The summed E-state index contributed by atoms with van der Waals surface area (Å²) in [6.07, 6.45) is 0. The zero-order chi connectivity index (χ0) is 9.72. The molecule has 0 saturated carbocycles. The van der Waals surface area contributed by atoms with Crippen LogP contribution >= 0.6 is 11.6 Å². The van der Waals surface area contributed by atoms with Crippen LogP contribution in [-0.4, -0.2) is 10.9 Å². The Bertz CT molecular complexity index is 249.